The fourth-order valence-corrected chi connectivity index (χ4v) is 4.58. The molecule has 31 heavy (non-hydrogen) atoms. The fourth-order valence-electron chi connectivity index (χ4n) is 4.58. The van der Waals surface area contributed by atoms with Crippen LogP contribution in [0.2, 0.25) is 0 Å². The number of phenolic OH excluding ortho intramolecular Hbond substituents is 1. The Bertz CT molecular complexity index is 1090. The van der Waals surface area contributed by atoms with Gasteiger partial charge in [-0.15, -0.1) is 0 Å². The van der Waals surface area contributed by atoms with E-state index in [9.17, 15) is 5.11 Å². The van der Waals surface area contributed by atoms with Gasteiger partial charge in [0.05, 0.1) is 5.41 Å². The Labute approximate surface area is 186 Å². The molecule has 0 aliphatic rings. The molecular formula is C30H30O. The van der Waals surface area contributed by atoms with Crippen LogP contribution in [0.3, 0.4) is 0 Å². The van der Waals surface area contributed by atoms with Crippen LogP contribution in [0.5, 0.6) is 5.75 Å². The molecule has 0 fully saturated rings. The molecule has 4 aromatic carbocycles. The zero-order valence-corrected chi connectivity index (χ0v) is 18.5. The van der Waals surface area contributed by atoms with E-state index in [0.29, 0.717) is 5.75 Å². The molecule has 4 rings (SSSR count). The van der Waals surface area contributed by atoms with Crippen LogP contribution in [-0.4, -0.2) is 5.11 Å². The van der Waals surface area contributed by atoms with E-state index in [4.69, 9.17) is 0 Å². The van der Waals surface area contributed by atoms with Crippen molar-refractivity contribution in [3.05, 3.63) is 137 Å². The van der Waals surface area contributed by atoms with Crippen LogP contribution in [0.15, 0.2) is 103 Å². The maximum Gasteiger partial charge on any atom is 0.119 e. The van der Waals surface area contributed by atoms with Crippen LogP contribution in [0.4, 0.5) is 0 Å². The minimum atomic E-state index is -0.480. The first-order valence-electron chi connectivity index (χ1n) is 11.1. The van der Waals surface area contributed by atoms with Gasteiger partial charge in [0.25, 0.3) is 0 Å². The van der Waals surface area contributed by atoms with Gasteiger partial charge in [-0.1, -0.05) is 116 Å². The summed E-state index contributed by atoms with van der Waals surface area (Å²) in [5.74, 6) is 0.652. The van der Waals surface area contributed by atoms with E-state index >= 15 is 0 Å². The molecule has 0 heterocycles. The Morgan fingerprint density at radius 3 is 1.68 bits per heavy atom. The Morgan fingerprint density at radius 2 is 1.16 bits per heavy atom. The highest BCUT2D eigenvalue weighted by Gasteiger charge is 2.38. The molecule has 4 aromatic rings. The summed E-state index contributed by atoms with van der Waals surface area (Å²) in [6.45, 7) is 6.47. The van der Waals surface area contributed by atoms with Crippen molar-refractivity contribution in [3.63, 3.8) is 0 Å². The number of phenols is 1. The number of benzene rings is 4. The average molecular weight is 407 g/mol. The summed E-state index contributed by atoms with van der Waals surface area (Å²) >= 11 is 0. The molecule has 1 N–H and O–H groups in total. The van der Waals surface area contributed by atoms with Crippen molar-refractivity contribution in [3.8, 4) is 5.75 Å². The third-order valence-electron chi connectivity index (χ3n) is 6.50. The van der Waals surface area contributed by atoms with Gasteiger partial charge in [-0.2, -0.15) is 0 Å². The Kier molecular flexibility index (Phi) is 5.95. The van der Waals surface area contributed by atoms with Crippen LogP contribution < -0.4 is 0 Å². The number of hydrogen-bond acceptors (Lipinski definition) is 1. The Hall–Kier alpha value is -3.32. The van der Waals surface area contributed by atoms with E-state index in [1.807, 2.05) is 6.07 Å². The van der Waals surface area contributed by atoms with E-state index in [0.717, 1.165) is 12.0 Å². The number of aromatic hydroxyl groups is 1. The topological polar surface area (TPSA) is 20.2 Å². The van der Waals surface area contributed by atoms with Gasteiger partial charge in [0, 0.05) is 0 Å². The van der Waals surface area contributed by atoms with Gasteiger partial charge in [0.2, 0.25) is 0 Å². The number of aryl methyl sites for hydroxylation is 1. The van der Waals surface area contributed by atoms with Crippen molar-refractivity contribution in [2.45, 2.75) is 38.5 Å². The van der Waals surface area contributed by atoms with Crippen molar-refractivity contribution in [2.24, 2.45) is 0 Å². The molecule has 0 saturated carbocycles. The summed E-state index contributed by atoms with van der Waals surface area (Å²) in [5, 5.41) is 10.7. The molecule has 0 spiro atoms. The normalized spacial score (nSPS) is 12.5. The molecule has 0 amide bonds. The van der Waals surface area contributed by atoms with Crippen LogP contribution in [0.25, 0.3) is 0 Å². The molecule has 1 heteroatoms. The molecule has 0 aliphatic heterocycles. The molecule has 0 aliphatic carbocycles. The molecular weight excluding hydrogens is 376 g/mol. The first kappa shape index (κ1) is 20.9. The maximum absolute atomic E-state index is 10.7. The minimum Gasteiger partial charge on any atom is -0.508 e. The van der Waals surface area contributed by atoms with Crippen molar-refractivity contribution < 1.29 is 5.11 Å². The summed E-state index contributed by atoms with van der Waals surface area (Å²) in [6, 6.07) is 36.4. The van der Waals surface area contributed by atoms with Crippen molar-refractivity contribution in [1.29, 1.82) is 0 Å². The molecule has 0 aromatic heterocycles. The van der Waals surface area contributed by atoms with E-state index in [1.54, 1.807) is 0 Å². The zero-order chi connectivity index (χ0) is 21.8. The van der Waals surface area contributed by atoms with Gasteiger partial charge in [-0.05, 0) is 53.1 Å². The van der Waals surface area contributed by atoms with Gasteiger partial charge >= 0.3 is 0 Å². The molecule has 1 unspecified atom stereocenters. The Morgan fingerprint density at radius 1 is 0.677 bits per heavy atom. The fraction of sp³-hybridized carbons (Fsp3) is 0.200. The third kappa shape index (κ3) is 3.77. The average Bonchev–Trinajstić information content (AvgIpc) is 2.82. The smallest absolute Gasteiger partial charge is 0.119 e. The predicted octanol–water partition coefficient (Wildman–Crippen LogP) is 7.60. The van der Waals surface area contributed by atoms with E-state index in [1.165, 1.54) is 27.8 Å². The van der Waals surface area contributed by atoms with Crippen LogP contribution in [0, 0.1) is 6.92 Å². The van der Waals surface area contributed by atoms with Crippen molar-refractivity contribution >= 4 is 0 Å². The monoisotopic (exact) mass is 406 g/mol. The van der Waals surface area contributed by atoms with Crippen molar-refractivity contribution in [1.82, 2.24) is 0 Å². The summed E-state index contributed by atoms with van der Waals surface area (Å²) in [7, 11) is 0. The van der Waals surface area contributed by atoms with E-state index in [2.05, 4.69) is 118 Å². The van der Waals surface area contributed by atoms with Gasteiger partial charge in [-0.25, -0.2) is 0 Å². The van der Waals surface area contributed by atoms with E-state index < -0.39 is 5.41 Å². The van der Waals surface area contributed by atoms with Crippen LogP contribution in [0.1, 0.15) is 59.6 Å². The highest BCUT2D eigenvalue weighted by molar-refractivity contribution is 5.61. The summed E-state index contributed by atoms with van der Waals surface area (Å²) in [4.78, 5) is 0. The second-order valence-corrected chi connectivity index (χ2v) is 8.43. The Balaban J connectivity index is 2.12. The van der Waals surface area contributed by atoms with Crippen LogP contribution in [-0.2, 0) is 5.41 Å². The summed E-state index contributed by atoms with van der Waals surface area (Å²) in [5.41, 5.74) is 6.58. The first-order valence-corrected chi connectivity index (χ1v) is 11.1. The number of hydrogen-bond donors (Lipinski definition) is 1. The predicted molar refractivity (Wildman–Crippen MR) is 130 cm³/mol. The molecule has 0 bridgehead atoms. The van der Waals surface area contributed by atoms with Gasteiger partial charge < -0.3 is 5.11 Å². The van der Waals surface area contributed by atoms with E-state index in [-0.39, 0.29) is 5.92 Å². The lowest BCUT2D eigenvalue weighted by Crippen LogP contribution is -2.31. The third-order valence-corrected chi connectivity index (χ3v) is 6.50. The molecule has 1 atom stereocenters. The highest BCUT2D eigenvalue weighted by atomic mass is 16.3. The quantitative estimate of drug-likeness (QED) is 0.327. The van der Waals surface area contributed by atoms with Gasteiger partial charge in [0.1, 0.15) is 5.75 Å². The molecule has 0 radical (unpaired) electrons. The second kappa shape index (κ2) is 8.81. The molecule has 1 nitrogen and oxygen atoms in total. The number of rotatable bonds is 6. The molecule has 0 saturated heterocycles. The lowest BCUT2D eigenvalue weighted by molar-refractivity contribution is 0.461. The summed E-state index contributed by atoms with van der Waals surface area (Å²) < 4.78 is 0. The van der Waals surface area contributed by atoms with Gasteiger partial charge in [0.15, 0.2) is 0 Å². The first-order chi connectivity index (χ1) is 15.1. The largest absolute Gasteiger partial charge is 0.508 e. The van der Waals surface area contributed by atoms with Crippen molar-refractivity contribution in [2.75, 3.05) is 0 Å². The lowest BCUT2D eigenvalue weighted by Gasteiger charge is -2.37. The minimum absolute atomic E-state index is 0.280. The molecule has 156 valence electrons. The zero-order valence-electron chi connectivity index (χ0n) is 18.5. The standard InChI is InChI=1S/C30H30O/c1-4-23(3)28-21-27(19-20-29(28)31)30(24-11-7-5-8-12-24,25-13-9-6-10-14-25)26-17-15-22(2)16-18-26/h5-21,23,31H,4H2,1-3H3. The second-order valence-electron chi connectivity index (χ2n) is 8.43. The van der Waals surface area contributed by atoms with Gasteiger partial charge in [-0.3, -0.25) is 0 Å². The highest BCUT2D eigenvalue weighted by Crippen LogP contribution is 2.46. The van der Waals surface area contributed by atoms with Crippen LogP contribution >= 0.6 is 0 Å². The lowest BCUT2D eigenvalue weighted by atomic mass is 9.64. The maximum atomic E-state index is 10.7. The SMILES string of the molecule is CCC(C)c1cc(C(c2ccccc2)(c2ccccc2)c2ccc(C)cc2)ccc1O. The summed E-state index contributed by atoms with van der Waals surface area (Å²) in [6.07, 6.45) is 0.977.